The molecule has 0 saturated heterocycles. The van der Waals surface area contributed by atoms with Gasteiger partial charge in [0.05, 0.1) is 10.9 Å². The number of hydrogen-bond acceptors (Lipinski definition) is 3. The number of carbonyl (C=O) groups excluding carboxylic acids is 2. The maximum absolute atomic E-state index is 11.8. The molecule has 0 fully saturated rings. The maximum atomic E-state index is 11.8. The van der Waals surface area contributed by atoms with Crippen molar-refractivity contribution in [2.45, 2.75) is 16.6 Å². The minimum atomic E-state index is -0.371. The molecule has 2 rings (SSSR count). The summed E-state index contributed by atoms with van der Waals surface area (Å²) in [5.41, 5.74) is 0.815. The molecule has 1 aliphatic heterocycles. The van der Waals surface area contributed by atoms with Gasteiger partial charge in [-0.05, 0) is 12.1 Å². The van der Waals surface area contributed by atoms with Gasteiger partial charge < -0.3 is 10.6 Å². The van der Waals surface area contributed by atoms with Gasteiger partial charge in [0, 0.05) is 17.9 Å². The van der Waals surface area contributed by atoms with E-state index in [-0.39, 0.29) is 23.5 Å². The van der Waals surface area contributed by atoms with E-state index in [0.717, 1.165) is 10.6 Å². The second-order valence-corrected chi connectivity index (χ2v) is 5.13. The highest BCUT2D eigenvalue weighted by Crippen LogP contribution is 2.36. The van der Waals surface area contributed by atoms with Crippen molar-refractivity contribution in [2.75, 3.05) is 11.9 Å². The lowest BCUT2D eigenvalue weighted by Gasteiger charge is -2.23. The molecular formula is C13H14N2O2S. The first kappa shape index (κ1) is 12.7. The molecule has 2 amide bonds. The summed E-state index contributed by atoms with van der Waals surface area (Å²) in [4.78, 5) is 24.4. The van der Waals surface area contributed by atoms with E-state index in [1.54, 1.807) is 6.08 Å². The average Bonchev–Trinajstić information content (AvgIpc) is 2.37. The summed E-state index contributed by atoms with van der Waals surface area (Å²) in [6.07, 6.45) is 1.79. The Bertz CT molecular complexity index is 488. The van der Waals surface area contributed by atoms with Crippen LogP contribution >= 0.6 is 11.8 Å². The zero-order chi connectivity index (χ0) is 13.0. The molecule has 0 saturated carbocycles. The number of anilines is 1. The molecule has 1 aromatic rings. The summed E-state index contributed by atoms with van der Waals surface area (Å²) in [5.74, 6) is -0.255. The zero-order valence-corrected chi connectivity index (χ0v) is 10.6. The normalized spacial score (nSPS) is 17.6. The fourth-order valence-corrected chi connectivity index (χ4v) is 2.76. The molecule has 5 heteroatoms. The largest absolute Gasteiger partial charge is 0.353 e. The van der Waals surface area contributed by atoms with Gasteiger partial charge in [0.2, 0.25) is 11.8 Å². The fraction of sp³-hybridized carbons (Fsp3) is 0.231. The van der Waals surface area contributed by atoms with Crippen LogP contribution in [0.3, 0.4) is 0 Å². The molecule has 0 bridgehead atoms. The van der Waals surface area contributed by atoms with Gasteiger partial charge in [0.1, 0.15) is 0 Å². The van der Waals surface area contributed by atoms with E-state index < -0.39 is 0 Å². The Kier molecular flexibility index (Phi) is 4.04. The van der Waals surface area contributed by atoms with Crippen molar-refractivity contribution in [3.05, 3.63) is 36.9 Å². The highest BCUT2D eigenvalue weighted by Gasteiger charge is 2.28. The zero-order valence-electron chi connectivity index (χ0n) is 9.81. The number of benzene rings is 1. The maximum Gasteiger partial charge on any atom is 0.238 e. The lowest BCUT2D eigenvalue weighted by molar-refractivity contribution is -0.123. The minimum Gasteiger partial charge on any atom is -0.353 e. The molecule has 0 spiro atoms. The van der Waals surface area contributed by atoms with Gasteiger partial charge in [-0.3, -0.25) is 9.59 Å². The Labute approximate surface area is 110 Å². The molecule has 0 aromatic heterocycles. The monoisotopic (exact) mass is 262 g/mol. The molecule has 1 unspecified atom stereocenters. The van der Waals surface area contributed by atoms with E-state index in [0.29, 0.717) is 6.54 Å². The van der Waals surface area contributed by atoms with Crippen molar-refractivity contribution in [1.82, 2.24) is 5.32 Å². The van der Waals surface area contributed by atoms with Crippen LogP contribution < -0.4 is 10.6 Å². The number of nitrogens with one attached hydrogen (secondary N) is 2. The van der Waals surface area contributed by atoms with Crippen LogP contribution in [0.1, 0.15) is 6.42 Å². The van der Waals surface area contributed by atoms with Crippen LogP contribution in [-0.2, 0) is 9.59 Å². The van der Waals surface area contributed by atoms with Gasteiger partial charge >= 0.3 is 0 Å². The van der Waals surface area contributed by atoms with E-state index in [1.807, 2.05) is 24.3 Å². The molecule has 0 radical (unpaired) electrons. The molecule has 1 atom stereocenters. The average molecular weight is 262 g/mol. The SMILES string of the molecule is C=CCNC(=O)CC1Sc2ccccc2NC1=O. The van der Waals surface area contributed by atoms with Crippen LogP contribution in [0.25, 0.3) is 0 Å². The predicted molar refractivity (Wildman–Crippen MR) is 72.5 cm³/mol. The molecular weight excluding hydrogens is 248 g/mol. The third-order valence-electron chi connectivity index (χ3n) is 2.52. The van der Waals surface area contributed by atoms with E-state index in [1.165, 1.54) is 11.8 Å². The number of fused-ring (bicyclic) bond motifs is 1. The first-order chi connectivity index (χ1) is 8.70. The topological polar surface area (TPSA) is 58.2 Å². The highest BCUT2D eigenvalue weighted by atomic mass is 32.2. The molecule has 2 N–H and O–H groups in total. The van der Waals surface area contributed by atoms with Crippen LogP contribution in [0.2, 0.25) is 0 Å². The Balaban J connectivity index is 2.01. The molecule has 18 heavy (non-hydrogen) atoms. The molecule has 0 aliphatic carbocycles. The molecule has 1 heterocycles. The van der Waals surface area contributed by atoms with Crippen LogP contribution in [0.4, 0.5) is 5.69 Å². The van der Waals surface area contributed by atoms with Crippen molar-refractivity contribution >= 4 is 29.3 Å². The van der Waals surface area contributed by atoms with Gasteiger partial charge in [-0.25, -0.2) is 0 Å². The smallest absolute Gasteiger partial charge is 0.238 e. The lowest BCUT2D eigenvalue weighted by atomic mass is 10.2. The summed E-state index contributed by atoms with van der Waals surface area (Å²) in [6, 6.07) is 7.58. The Morgan fingerprint density at radius 2 is 2.28 bits per heavy atom. The van der Waals surface area contributed by atoms with Crippen molar-refractivity contribution < 1.29 is 9.59 Å². The van der Waals surface area contributed by atoms with Crippen molar-refractivity contribution in [3.8, 4) is 0 Å². The minimum absolute atomic E-state index is 0.118. The number of para-hydroxylation sites is 1. The van der Waals surface area contributed by atoms with Crippen molar-refractivity contribution in [2.24, 2.45) is 0 Å². The summed E-state index contributed by atoms with van der Waals surface area (Å²) in [7, 11) is 0. The van der Waals surface area contributed by atoms with Crippen molar-refractivity contribution in [1.29, 1.82) is 0 Å². The first-order valence-electron chi connectivity index (χ1n) is 5.65. The number of amides is 2. The van der Waals surface area contributed by atoms with Gasteiger partial charge in [-0.1, -0.05) is 18.2 Å². The Hall–Kier alpha value is -1.75. The van der Waals surface area contributed by atoms with Crippen molar-refractivity contribution in [3.63, 3.8) is 0 Å². The second-order valence-electron chi connectivity index (χ2n) is 3.89. The summed E-state index contributed by atoms with van der Waals surface area (Å²) in [6.45, 7) is 3.95. The van der Waals surface area contributed by atoms with Crippen LogP contribution in [0.5, 0.6) is 0 Å². The van der Waals surface area contributed by atoms with Crippen LogP contribution in [0.15, 0.2) is 41.8 Å². The van der Waals surface area contributed by atoms with E-state index in [4.69, 9.17) is 0 Å². The third-order valence-corrected chi connectivity index (χ3v) is 3.80. The highest BCUT2D eigenvalue weighted by molar-refractivity contribution is 8.01. The Morgan fingerprint density at radius 3 is 3.06 bits per heavy atom. The van der Waals surface area contributed by atoms with E-state index in [2.05, 4.69) is 17.2 Å². The number of hydrogen-bond donors (Lipinski definition) is 2. The first-order valence-corrected chi connectivity index (χ1v) is 6.53. The van der Waals surface area contributed by atoms with Gasteiger partial charge in [0.15, 0.2) is 0 Å². The van der Waals surface area contributed by atoms with Crippen LogP contribution in [-0.4, -0.2) is 23.6 Å². The van der Waals surface area contributed by atoms with Gasteiger partial charge in [0.25, 0.3) is 0 Å². The summed E-state index contributed by atoms with van der Waals surface area (Å²) < 4.78 is 0. The fourth-order valence-electron chi connectivity index (χ4n) is 1.65. The van der Waals surface area contributed by atoms with E-state index in [9.17, 15) is 9.59 Å². The third kappa shape index (κ3) is 2.92. The number of carbonyl (C=O) groups is 2. The lowest BCUT2D eigenvalue weighted by Crippen LogP contribution is -2.34. The second kappa shape index (κ2) is 5.73. The van der Waals surface area contributed by atoms with Gasteiger partial charge in [-0.15, -0.1) is 18.3 Å². The molecule has 94 valence electrons. The standard InChI is InChI=1S/C13H14N2O2S/c1-2-7-14-12(16)8-11-13(17)15-9-5-3-4-6-10(9)18-11/h2-6,11H,1,7-8H2,(H,14,16)(H,15,17). The molecule has 1 aromatic carbocycles. The number of thioether (sulfide) groups is 1. The quantitative estimate of drug-likeness (QED) is 0.813. The van der Waals surface area contributed by atoms with Crippen LogP contribution in [0, 0.1) is 0 Å². The number of rotatable bonds is 4. The molecule has 1 aliphatic rings. The predicted octanol–water partition coefficient (Wildman–Crippen LogP) is 1.79. The van der Waals surface area contributed by atoms with E-state index >= 15 is 0 Å². The Morgan fingerprint density at radius 1 is 1.50 bits per heavy atom. The summed E-state index contributed by atoms with van der Waals surface area (Å²) >= 11 is 1.43. The summed E-state index contributed by atoms with van der Waals surface area (Å²) in [5, 5.41) is 5.11. The molecule has 4 nitrogen and oxygen atoms in total. The van der Waals surface area contributed by atoms with Gasteiger partial charge in [-0.2, -0.15) is 0 Å².